The topological polar surface area (TPSA) is 34.0 Å². The maximum atomic E-state index is 13.5. The van der Waals surface area contributed by atoms with Crippen LogP contribution in [0.4, 0.5) is 8.78 Å². The third-order valence-electron chi connectivity index (χ3n) is 5.69. The van der Waals surface area contributed by atoms with Crippen LogP contribution >= 0.6 is 0 Å². The fourth-order valence-electron chi connectivity index (χ4n) is 4.04. The molecular formula is C23H26F2N4. The zero-order valence-electron chi connectivity index (χ0n) is 16.6. The molecule has 0 saturated heterocycles. The Morgan fingerprint density at radius 3 is 2.55 bits per heavy atom. The monoisotopic (exact) mass is 396 g/mol. The second-order valence-electron chi connectivity index (χ2n) is 7.93. The Labute approximate surface area is 170 Å². The van der Waals surface area contributed by atoms with Gasteiger partial charge in [-0.1, -0.05) is 30.3 Å². The maximum absolute atomic E-state index is 13.5. The smallest absolute Gasteiger partial charge is 0.248 e. The molecule has 1 aromatic carbocycles. The molecule has 0 bridgehead atoms. The van der Waals surface area contributed by atoms with Crippen molar-refractivity contribution in [3.05, 3.63) is 72.2 Å². The summed E-state index contributed by atoms with van der Waals surface area (Å²) in [4.78, 5) is 6.43. The average molecular weight is 396 g/mol. The predicted molar refractivity (Wildman–Crippen MR) is 110 cm³/mol. The van der Waals surface area contributed by atoms with E-state index in [1.54, 1.807) is 6.20 Å². The molecule has 1 aliphatic carbocycles. The molecule has 29 heavy (non-hydrogen) atoms. The van der Waals surface area contributed by atoms with Crippen LogP contribution in [0.5, 0.6) is 0 Å². The van der Waals surface area contributed by atoms with Gasteiger partial charge in [0.1, 0.15) is 0 Å². The lowest BCUT2D eigenvalue weighted by molar-refractivity contribution is -0.0519. The molecule has 4 rings (SSSR count). The van der Waals surface area contributed by atoms with Crippen molar-refractivity contribution in [1.29, 1.82) is 0 Å². The van der Waals surface area contributed by atoms with Gasteiger partial charge in [-0.15, -0.1) is 0 Å². The molecular weight excluding hydrogens is 370 g/mol. The maximum Gasteiger partial charge on any atom is 0.248 e. The highest BCUT2D eigenvalue weighted by Crippen LogP contribution is 2.35. The molecule has 0 radical (unpaired) electrons. The van der Waals surface area contributed by atoms with Crippen LogP contribution in [0.2, 0.25) is 0 Å². The van der Waals surface area contributed by atoms with E-state index < -0.39 is 5.92 Å². The van der Waals surface area contributed by atoms with E-state index in [-0.39, 0.29) is 18.9 Å². The summed E-state index contributed by atoms with van der Waals surface area (Å²) in [5, 5.41) is 4.83. The first kappa shape index (κ1) is 19.7. The molecule has 2 heterocycles. The summed E-state index contributed by atoms with van der Waals surface area (Å²) in [6, 6.07) is 14.3. The summed E-state index contributed by atoms with van der Waals surface area (Å²) in [6.45, 7) is 1.36. The summed E-state index contributed by atoms with van der Waals surface area (Å²) in [5.74, 6) is -2.50. The molecule has 152 valence electrons. The number of rotatable bonds is 6. The number of hydrogen-bond acceptors (Lipinski definition) is 3. The third kappa shape index (κ3) is 4.88. The fourth-order valence-corrected chi connectivity index (χ4v) is 4.04. The van der Waals surface area contributed by atoms with Crippen LogP contribution < -0.4 is 0 Å². The molecule has 0 atom stereocenters. The molecule has 2 aromatic heterocycles. The predicted octanol–water partition coefficient (Wildman–Crippen LogP) is 5.00. The molecule has 4 nitrogen and oxygen atoms in total. The molecule has 1 saturated carbocycles. The van der Waals surface area contributed by atoms with Gasteiger partial charge in [0.25, 0.3) is 0 Å². The van der Waals surface area contributed by atoms with Gasteiger partial charge in [-0.2, -0.15) is 5.10 Å². The van der Waals surface area contributed by atoms with E-state index >= 15 is 0 Å². The molecule has 0 N–H and O–H groups in total. The van der Waals surface area contributed by atoms with Crippen molar-refractivity contribution >= 4 is 0 Å². The van der Waals surface area contributed by atoms with Gasteiger partial charge in [0.15, 0.2) is 0 Å². The van der Waals surface area contributed by atoms with Gasteiger partial charge in [0.05, 0.1) is 12.2 Å². The van der Waals surface area contributed by atoms with Gasteiger partial charge in [0, 0.05) is 55.1 Å². The number of aromatic nitrogens is 3. The summed E-state index contributed by atoms with van der Waals surface area (Å²) in [6.07, 6.45) is 6.66. The summed E-state index contributed by atoms with van der Waals surface area (Å²) >= 11 is 0. The lowest BCUT2D eigenvalue weighted by Gasteiger charge is -2.34. The van der Waals surface area contributed by atoms with Gasteiger partial charge in [-0.05, 0) is 37.6 Å². The van der Waals surface area contributed by atoms with Crippen LogP contribution in [-0.2, 0) is 13.1 Å². The number of hydrogen-bond donors (Lipinski definition) is 0. The number of benzene rings is 1. The van der Waals surface area contributed by atoms with Crippen LogP contribution in [0.25, 0.3) is 11.3 Å². The summed E-state index contributed by atoms with van der Waals surface area (Å²) in [5.41, 5.74) is 4.15. The Morgan fingerprint density at radius 2 is 1.86 bits per heavy atom. The Balaban J connectivity index is 1.56. The lowest BCUT2D eigenvalue weighted by Crippen LogP contribution is -2.38. The molecule has 1 fully saturated rings. The van der Waals surface area contributed by atoms with Crippen LogP contribution in [0.1, 0.15) is 36.8 Å². The second-order valence-corrected chi connectivity index (χ2v) is 7.93. The number of halogens is 2. The first-order chi connectivity index (χ1) is 14.0. The van der Waals surface area contributed by atoms with E-state index in [2.05, 4.69) is 28.2 Å². The Hall–Kier alpha value is -2.60. The molecule has 3 aromatic rings. The van der Waals surface area contributed by atoms with Crippen molar-refractivity contribution in [3.8, 4) is 11.3 Å². The standard InChI is InChI=1S/C23H26F2N4/c1-28(21-9-11-23(24,25)12-10-21)16-20-17-29(15-18-6-3-2-4-7-18)27-22(20)19-8-5-13-26-14-19/h2-8,13-14,17,21H,9-12,15-16H2,1H3. The second kappa shape index (κ2) is 8.41. The molecule has 0 spiro atoms. The minimum absolute atomic E-state index is 0.0231. The zero-order valence-corrected chi connectivity index (χ0v) is 16.6. The van der Waals surface area contributed by atoms with Crippen molar-refractivity contribution in [2.75, 3.05) is 7.05 Å². The van der Waals surface area contributed by atoms with E-state index in [0.717, 1.165) is 16.8 Å². The Kier molecular flexibility index (Phi) is 5.72. The normalized spacial score (nSPS) is 17.0. The van der Waals surface area contributed by atoms with Gasteiger partial charge >= 0.3 is 0 Å². The number of alkyl halides is 2. The molecule has 0 amide bonds. The quantitative estimate of drug-likeness (QED) is 0.588. The van der Waals surface area contributed by atoms with E-state index in [1.165, 1.54) is 5.56 Å². The molecule has 6 heteroatoms. The van der Waals surface area contributed by atoms with Crippen molar-refractivity contribution in [2.24, 2.45) is 0 Å². The van der Waals surface area contributed by atoms with Crippen molar-refractivity contribution in [1.82, 2.24) is 19.7 Å². The van der Waals surface area contributed by atoms with Crippen LogP contribution in [0.15, 0.2) is 61.1 Å². The van der Waals surface area contributed by atoms with Crippen LogP contribution in [-0.4, -0.2) is 38.7 Å². The van der Waals surface area contributed by atoms with Gasteiger partial charge in [-0.3, -0.25) is 14.6 Å². The van der Waals surface area contributed by atoms with Crippen molar-refractivity contribution in [2.45, 2.75) is 50.7 Å². The molecule has 0 aliphatic heterocycles. The fraction of sp³-hybridized carbons (Fsp3) is 0.391. The zero-order chi connectivity index (χ0) is 20.3. The minimum atomic E-state index is -2.50. The highest BCUT2D eigenvalue weighted by molar-refractivity contribution is 5.61. The number of nitrogens with zero attached hydrogens (tertiary/aromatic N) is 4. The van der Waals surface area contributed by atoms with Crippen molar-refractivity contribution in [3.63, 3.8) is 0 Å². The highest BCUT2D eigenvalue weighted by atomic mass is 19.3. The molecule has 1 aliphatic rings. The first-order valence-electron chi connectivity index (χ1n) is 10.1. The van der Waals surface area contributed by atoms with Gasteiger partial charge < -0.3 is 0 Å². The Morgan fingerprint density at radius 1 is 1.10 bits per heavy atom. The van der Waals surface area contributed by atoms with Gasteiger partial charge in [-0.25, -0.2) is 8.78 Å². The van der Waals surface area contributed by atoms with E-state index in [9.17, 15) is 8.78 Å². The van der Waals surface area contributed by atoms with Crippen LogP contribution in [0, 0.1) is 0 Å². The first-order valence-corrected chi connectivity index (χ1v) is 10.1. The van der Waals surface area contributed by atoms with E-state index in [1.807, 2.05) is 48.3 Å². The summed E-state index contributed by atoms with van der Waals surface area (Å²) in [7, 11) is 2.02. The average Bonchev–Trinajstić information content (AvgIpc) is 3.11. The minimum Gasteiger partial charge on any atom is -0.299 e. The van der Waals surface area contributed by atoms with Gasteiger partial charge in [0.2, 0.25) is 5.92 Å². The van der Waals surface area contributed by atoms with Crippen LogP contribution in [0.3, 0.4) is 0 Å². The SMILES string of the molecule is CN(Cc1cn(Cc2ccccc2)nc1-c1cccnc1)C1CCC(F)(F)CC1. The molecule has 0 unspecified atom stereocenters. The largest absolute Gasteiger partial charge is 0.299 e. The summed E-state index contributed by atoms with van der Waals surface area (Å²) < 4.78 is 29.0. The lowest BCUT2D eigenvalue weighted by atomic mass is 9.91. The van der Waals surface area contributed by atoms with E-state index in [0.29, 0.717) is 25.9 Å². The Bertz CT molecular complexity index is 915. The van der Waals surface area contributed by atoms with E-state index in [4.69, 9.17) is 5.10 Å². The number of pyridine rings is 1. The highest BCUT2D eigenvalue weighted by Gasteiger charge is 2.36. The van der Waals surface area contributed by atoms with Crippen molar-refractivity contribution < 1.29 is 8.78 Å². The third-order valence-corrected chi connectivity index (χ3v) is 5.69.